The number of amidine groups is 1. The molecule has 0 aliphatic carbocycles. The van der Waals surface area contributed by atoms with E-state index in [0.29, 0.717) is 26.3 Å². The van der Waals surface area contributed by atoms with Crippen LogP contribution in [0.25, 0.3) is 0 Å². The molecule has 1 aliphatic heterocycles. The third-order valence-corrected chi connectivity index (χ3v) is 3.33. The highest BCUT2D eigenvalue weighted by Gasteiger charge is 2.30. The standard InChI is InChI=1S/C14H19N3O3/c15-13(16-19)12(11-5-2-1-3-6-11)14(18)17-7-4-9-20-10-8-17/h1-3,5-6,12,19H,4,7-10H2,(H2,15,16). The maximum absolute atomic E-state index is 12.7. The fourth-order valence-electron chi connectivity index (χ4n) is 2.29. The van der Waals surface area contributed by atoms with Gasteiger partial charge in [0.25, 0.3) is 0 Å². The number of nitrogens with zero attached hydrogens (tertiary/aromatic N) is 2. The van der Waals surface area contributed by atoms with Gasteiger partial charge in [0.2, 0.25) is 5.91 Å². The molecular formula is C14H19N3O3. The highest BCUT2D eigenvalue weighted by molar-refractivity contribution is 6.07. The number of ether oxygens (including phenoxy) is 1. The summed E-state index contributed by atoms with van der Waals surface area (Å²) in [5.41, 5.74) is 6.44. The molecule has 0 saturated carbocycles. The molecule has 1 unspecified atom stereocenters. The van der Waals surface area contributed by atoms with Crippen LogP contribution >= 0.6 is 0 Å². The minimum atomic E-state index is -0.751. The van der Waals surface area contributed by atoms with Crippen LogP contribution in [0.4, 0.5) is 0 Å². The van der Waals surface area contributed by atoms with Crippen LogP contribution in [-0.2, 0) is 9.53 Å². The average Bonchev–Trinajstić information content (AvgIpc) is 2.77. The van der Waals surface area contributed by atoms with E-state index < -0.39 is 5.92 Å². The summed E-state index contributed by atoms with van der Waals surface area (Å²) in [4.78, 5) is 14.4. The van der Waals surface area contributed by atoms with Gasteiger partial charge in [0.05, 0.1) is 6.61 Å². The topological polar surface area (TPSA) is 88.2 Å². The first-order valence-electron chi connectivity index (χ1n) is 6.63. The largest absolute Gasteiger partial charge is 0.409 e. The molecule has 2 rings (SSSR count). The minimum Gasteiger partial charge on any atom is -0.409 e. The van der Waals surface area contributed by atoms with Crippen LogP contribution < -0.4 is 5.73 Å². The zero-order valence-electron chi connectivity index (χ0n) is 11.2. The number of amides is 1. The van der Waals surface area contributed by atoms with Crippen molar-refractivity contribution in [3.63, 3.8) is 0 Å². The van der Waals surface area contributed by atoms with Crippen molar-refractivity contribution in [2.24, 2.45) is 10.9 Å². The van der Waals surface area contributed by atoms with E-state index in [1.807, 2.05) is 18.2 Å². The Labute approximate surface area is 117 Å². The van der Waals surface area contributed by atoms with E-state index >= 15 is 0 Å². The Balaban J connectivity index is 2.24. The third kappa shape index (κ3) is 3.27. The minimum absolute atomic E-state index is 0.0913. The highest BCUT2D eigenvalue weighted by atomic mass is 16.5. The molecular weight excluding hydrogens is 258 g/mol. The molecule has 1 fully saturated rings. The Morgan fingerprint density at radius 3 is 2.75 bits per heavy atom. The fraction of sp³-hybridized carbons (Fsp3) is 0.429. The Kier molecular flexibility index (Phi) is 4.95. The van der Waals surface area contributed by atoms with Crippen molar-refractivity contribution >= 4 is 11.7 Å². The number of hydrogen-bond donors (Lipinski definition) is 2. The Hall–Kier alpha value is -2.08. The number of carbonyl (C=O) groups is 1. The molecule has 1 aliphatic rings. The molecule has 0 spiro atoms. The van der Waals surface area contributed by atoms with E-state index in [1.54, 1.807) is 17.0 Å². The Morgan fingerprint density at radius 2 is 2.05 bits per heavy atom. The van der Waals surface area contributed by atoms with E-state index in [4.69, 9.17) is 15.7 Å². The van der Waals surface area contributed by atoms with Crippen molar-refractivity contribution in [3.8, 4) is 0 Å². The van der Waals surface area contributed by atoms with Gasteiger partial charge in [0, 0.05) is 19.7 Å². The molecule has 1 amide bonds. The van der Waals surface area contributed by atoms with Crippen molar-refractivity contribution in [1.82, 2.24) is 4.90 Å². The lowest BCUT2D eigenvalue weighted by Gasteiger charge is -2.25. The van der Waals surface area contributed by atoms with Crippen molar-refractivity contribution < 1.29 is 14.7 Å². The first kappa shape index (κ1) is 14.3. The number of rotatable bonds is 3. The lowest BCUT2D eigenvalue weighted by Crippen LogP contribution is -2.41. The predicted octanol–water partition coefficient (Wildman–Crippen LogP) is 0.766. The van der Waals surface area contributed by atoms with Crippen molar-refractivity contribution in [2.45, 2.75) is 12.3 Å². The van der Waals surface area contributed by atoms with Gasteiger partial charge in [-0.1, -0.05) is 35.5 Å². The van der Waals surface area contributed by atoms with Gasteiger partial charge in [-0.25, -0.2) is 0 Å². The predicted molar refractivity (Wildman–Crippen MR) is 74.6 cm³/mol. The molecule has 3 N–H and O–H groups in total. The first-order chi connectivity index (χ1) is 9.74. The molecule has 1 aromatic carbocycles. The van der Waals surface area contributed by atoms with Crippen LogP contribution in [0, 0.1) is 0 Å². The fourth-order valence-corrected chi connectivity index (χ4v) is 2.29. The third-order valence-electron chi connectivity index (χ3n) is 3.33. The quantitative estimate of drug-likeness (QED) is 0.369. The maximum Gasteiger partial charge on any atom is 0.237 e. The number of nitrogens with two attached hydrogens (primary N) is 1. The molecule has 6 heteroatoms. The summed E-state index contributed by atoms with van der Waals surface area (Å²) in [5, 5.41) is 12.0. The summed E-state index contributed by atoms with van der Waals surface area (Å²) < 4.78 is 5.34. The van der Waals surface area contributed by atoms with Crippen LogP contribution in [0.1, 0.15) is 17.9 Å². The van der Waals surface area contributed by atoms with E-state index in [-0.39, 0.29) is 11.7 Å². The van der Waals surface area contributed by atoms with Crippen LogP contribution in [0.2, 0.25) is 0 Å². The lowest BCUT2D eigenvalue weighted by atomic mass is 9.96. The van der Waals surface area contributed by atoms with Crippen molar-refractivity contribution in [2.75, 3.05) is 26.3 Å². The van der Waals surface area contributed by atoms with E-state index in [2.05, 4.69) is 5.16 Å². The summed E-state index contributed by atoms with van der Waals surface area (Å²) in [6.07, 6.45) is 0.795. The van der Waals surface area contributed by atoms with Gasteiger partial charge in [-0.3, -0.25) is 4.79 Å². The number of benzene rings is 1. The zero-order chi connectivity index (χ0) is 14.4. The van der Waals surface area contributed by atoms with E-state index in [9.17, 15) is 4.79 Å². The molecule has 1 atom stereocenters. The summed E-state index contributed by atoms with van der Waals surface area (Å²) >= 11 is 0. The SMILES string of the molecule is NC(=NO)C(C(=O)N1CCCOCC1)c1ccccc1. The summed E-state index contributed by atoms with van der Waals surface area (Å²) in [6.45, 7) is 2.33. The Morgan fingerprint density at radius 1 is 1.30 bits per heavy atom. The molecule has 1 heterocycles. The van der Waals surface area contributed by atoms with Gasteiger partial charge in [0.15, 0.2) is 5.84 Å². The molecule has 6 nitrogen and oxygen atoms in total. The monoisotopic (exact) mass is 277 g/mol. The van der Waals surface area contributed by atoms with E-state index in [1.165, 1.54) is 0 Å². The average molecular weight is 277 g/mol. The second-order valence-corrected chi connectivity index (χ2v) is 4.66. The van der Waals surface area contributed by atoms with E-state index in [0.717, 1.165) is 12.0 Å². The summed E-state index contributed by atoms with van der Waals surface area (Å²) in [6, 6.07) is 9.11. The lowest BCUT2D eigenvalue weighted by molar-refractivity contribution is -0.131. The second kappa shape index (κ2) is 6.91. The van der Waals surface area contributed by atoms with Crippen LogP contribution in [0.5, 0.6) is 0 Å². The van der Waals surface area contributed by atoms with Gasteiger partial charge in [-0.05, 0) is 12.0 Å². The summed E-state index contributed by atoms with van der Waals surface area (Å²) in [7, 11) is 0. The first-order valence-corrected chi connectivity index (χ1v) is 6.63. The Bertz CT molecular complexity index is 468. The molecule has 0 radical (unpaired) electrons. The number of oxime groups is 1. The maximum atomic E-state index is 12.7. The zero-order valence-corrected chi connectivity index (χ0v) is 11.2. The molecule has 1 saturated heterocycles. The van der Waals surface area contributed by atoms with Gasteiger partial charge in [-0.15, -0.1) is 0 Å². The van der Waals surface area contributed by atoms with Crippen molar-refractivity contribution in [1.29, 1.82) is 0 Å². The summed E-state index contributed by atoms with van der Waals surface area (Å²) in [5.74, 6) is -0.998. The van der Waals surface area contributed by atoms with Gasteiger partial charge >= 0.3 is 0 Å². The number of carbonyl (C=O) groups excluding carboxylic acids is 1. The normalized spacial score (nSPS) is 18.4. The smallest absolute Gasteiger partial charge is 0.237 e. The molecule has 0 bridgehead atoms. The second-order valence-electron chi connectivity index (χ2n) is 4.66. The van der Waals surface area contributed by atoms with Crippen LogP contribution in [-0.4, -0.2) is 48.2 Å². The molecule has 108 valence electrons. The van der Waals surface area contributed by atoms with Crippen LogP contribution in [0.3, 0.4) is 0 Å². The van der Waals surface area contributed by atoms with Gasteiger partial charge in [-0.2, -0.15) is 0 Å². The van der Waals surface area contributed by atoms with Crippen molar-refractivity contribution in [3.05, 3.63) is 35.9 Å². The van der Waals surface area contributed by atoms with Crippen LogP contribution in [0.15, 0.2) is 35.5 Å². The highest BCUT2D eigenvalue weighted by Crippen LogP contribution is 2.19. The van der Waals surface area contributed by atoms with Gasteiger partial charge in [0.1, 0.15) is 5.92 Å². The molecule has 0 aromatic heterocycles. The molecule has 1 aromatic rings. The number of hydrogen-bond acceptors (Lipinski definition) is 4. The molecule has 20 heavy (non-hydrogen) atoms. The van der Waals surface area contributed by atoms with Gasteiger partial charge < -0.3 is 20.6 Å².